The number of ether oxygens (including phenoxy) is 2. The molecule has 0 unspecified atom stereocenters. The average Bonchev–Trinajstić information content (AvgIpc) is 3.51. The molecule has 326 valence electrons. The van der Waals surface area contributed by atoms with Crippen LogP contribution in [0, 0.1) is 11.2 Å². The Labute approximate surface area is 359 Å². The van der Waals surface area contributed by atoms with Gasteiger partial charge in [-0.3, -0.25) is 14.7 Å². The minimum absolute atomic E-state index is 0.0158. The second-order valence-corrected chi connectivity index (χ2v) is 17.1. The normalized spacial score (nSPS) is 18.5. The zero-order valence-electron chi connectivity index (χ0n) is 33.1. The van der Waals surface area contributed by atoms with Crippen LogP contribution in [0.4, 0.5) is 35.9 Å². The largest absolute Gasteiger partial charge is 0.447 e. The molecule has 1 saturated heterocycles. The summed E-state index contributed by atoms with van der Waals surface area (Å²) in [6.07, 6.45) is -9.18. The lowest BCUT2D eigenvalue weighted by Gasteiger charge is -2.35. The summed E-state index contributed by atoms with van der Waals surface area (Å²) < 4.78 is 98.1. The van der Waals surface area contributed by atoms with Gasteiger partial charge in [0, 0.05) is 11.8 Å². The van der Waals surface area contributed by atoms with Crippen LogP contribution in [-0.4, -0.2) is 67.0 Å². The number of amides is 3. The first-order chi connectivity index (χ1) is 29.3. The van der Waals surface area contributed by atoms with Gasteiger partial charge in [-0.15, -0.1) is 16.3 Å². The minimum atomic E-state index is -4.81. The molecule has 62 heavy (non-hydrogen) atoms. The maximum atomic E-state index is 16.7. The number of nitrogens with zero attached hydrogens (tertiary/aromatic N) is 6. The Kier molecular flexibility index (Phi) is 12.1. The van der Waals surface area contributed by atoms with E-state index in [2.05, 4.69) is 25.4 Å². The number of guanidine groups is 1. The molecule has 7 rings (SSSR count). The molecule has 2 aromatic heterocycles. The van der Waals surface area contributed by atoms with E-state index < -0.39 is 90.3 Å². The molecular weight excluding hydrogens is 866 g/mol. The number of hydrogen-bond acceptors (Lipinski definition) is 9. The average molecular weight is 903 g/mol. The highest BCUT2D eigenvalue weighted by molar-refractivity contribution is 7.13. The number of alkyl carbamates (subject to hydrolysis) is 1. The van der Waals surface area contributed by atoms with Crippen molar-refractivity contribution >= 4 is 47.0 Å². The smallest absolute Gasteiger partial charge is 0.437 e. The first-order valence-electron chi connectivity index (χ1n) is 18.9. The quantitative estimate of drug-likeness (QED) is 0.117. The summed E-state index contributed by atoms with van der Waals surface area (Å²) >= 11 is 7.75. The van der Waals surface area contributed by atoms with Gasteiger partial charge in [0.2, 0.25) is 5.96 Å². The molecular formula is C41H37ClF6N8O5S. The molecule has 13 nitrogen and oxygen atoms in total. The Morgan fingerprint density at radius 2 is 1.79 bits per heavy atom. The lowest BCUT2D eigenvalue weighted by atomic mass is 9.75. The molecule has 0 radical (unpaired) electrons. The van der Waals surface area contributed by atoms with Gasteiger partial charge in [-0.05, 0) is 59.6 Å². The highest BCUT2D eigenvalue weighted by Gasteiger charge is 2.65. The lowest BCUT2D eigenvalue weighted by molar-refractivity contribution is -0.164. The fourth-order valence-corrected chi connectivity index (χ4v) is 7.99. The van der Waals surface area contributed by atoms with Crippen molar-refractivity contribution in [3.8, 4) is 16.1 Å². The number of carbonyl (C=O) groups is 3. The van der Waals surface area contributed by atoms with E-state index >= 15 is 9.18 Å². The van der Waals surface area contributed by atoms with Gasteiger partial charge >= 0.3 is 18.4 Å². The van der Waals surface area contributed by atoms with E-state index in [9.17, 15) is 31.5 Å². The van der Waals surface area contributed by atoms with Gasteiger partial charge in [-0.2, -0.15) is 18.3 Å². The summed E-state index contributed by atoms with van der Waals surface area (Å²) in [5.74, 6) is -3.08. The number of nitrogens with one attached hydrogen (secondary N) is 2. The fraction of sp³-hybridized carbons (Fsp3) is 0.341. The Hall–Kier alpha value is -6.02. The van der Waals surface area contributed by atoms with Crippen LogP contribution in [0.2, 0.25) is 5.02 Å². The van der Waals surface area contributed by atoms with Crippen molar-refractivity contribution in [3.05, 3.63) is 118 Å². The second kappa shape index (κ2) is 17.0. The number of halogens is 7. The van der Waals surface area contributed by atoms with Gasteiger partial charge in [-0.25, -0.2) is 32.4 Å². The van der Waals surface area contributed by atoms with Crippen molar-refractivity contribution in [2.45, 2.75) is 76.4 Å². The maximum Gasteiger partial charge on any atom is 0.437 e. The van der Waals surface area contributed by atoms with Gasteiger partial charge < -0.3 is 20.1 Å². The van der Waals surface area contributed by atoms with E-state index in [1.807, 2.05) is 5.32 Å². The van der Waals surface area contributed by atoms with Crippen LogP contribution in [0.3, 0.4) is 0 Å². The molecule has 2 aliphatic rings. The minimum Gasteiger partial charge on any atom is -0.447 e. The summed E-state index contributed by atoms with van der Waals surface area (Å²) in [5, 5.41) is 8.63. The van der Waals surface area contributed by atoms with E-state index in [1.165, 1.54) is 41.7 Å². The SMILES string of the molecule is CC(C)(C)C[C@]1(c2ccc(-c3cncs3)cc2F)NC(=NC(=O)OCc2ccccc2)N([C@H](COC(=O)NC2(C(F)(F)F)CC2)c2ccc(Cl)c(-n3ncnc3C(F)F)c2)C1=O. The molecule has 3 heterocycles. The van der Waals surface area contributed by atoms with Gasteiger partial charge in [0.1, 0.15) is 36.4 Å². The monoisotopic (exact) mass is 902 g/mol. The van der Waals surface area contributed by atoms with E-state index in [0.717, 1.165) is 15.9 Å². The van der Waals surface area contributed by atoms with E-state index in [4.69, 9.17) is 21.1 Å². The maximum absolute atomic E-state index is 16.7. The standard InChI is InChI=1S/C41H37ClF6N8O5S/c1-38(2,3)20-40(26-11-9-25(15-28(26)43)31-17-49-22-62-31)34(57)55(35(53-40)52-36(58)60-18-23-7-5-4-6-8-23)30(19-61-37(59)54-39(13-14-39)41(46,47)48)24-10-12-27(42)29(16-24)56-33(32(44)45)50-21-51-56/h4-12,15-17,21-22,30,32H,13-14,18-20H2,1-3H3,(H,54,59)(H,52,53,58)/t30-,40-/m1/s1. The number of aromatic nitrogens is 4. The van der Waals surface area contributed by atoms with Gasteiger partial charge in [0.05, 0.1) is 27.1 Å². The van der Waals surface area contributed by atoms with Crippen LogP contribution in [0.25, 0.3) is 16.1 Å². The van der Waals surface area contributed by atoms with E-state index in [0.29, 0.717) is 16.0 Å². The summed E-state index contributed by atoms with van der Waals surface area (Å²) in [4.78, 5) is 55.5. The first kappa shape index (κ1) is 44.0. The third kappa shape index (κ3) is 9.11. The number of hydrogen-bond donors (Lipinski definition) is 2. The molecule has 0 spiro atoms. The number of alkyl halides is 5. The summed E-state index contributed by atoms with van der Waals surface area (Å²) in [6.45, 7) is 4.19. The molecule has 0 bridgehead atoms. The van der Waals surface area contributed by atoms with Crippen LogP contribution in [0.5, 0.6) is 0 Å². The Balaban J connectivity index is 1.38. The van der Waals surface area contributed by atoms with Crippen molar-refractivity contribution in [2.24, 2.45) is 10.4 Å². The van der Waals surface area contributed by atoms with Crippen LogP contribution < -0.4 is 10.6 Å². The van der Waals surface area contributed by atoms with Crippen molar-refractivity contribution < 1.29 is 50.2 Å². The van der Waals surface area contributed by atoms with Crippen molar-refractivity contribution in [2.75, 3.05) is 6.61 Å². The number of thiazole rings is 1. The third-order valence-electron chi connectivity index (χ3n) is 10.2. The molecule has 2 atom stereocenters. The zero-order chi connectivity index (χ0) is 44.6. The molecule has 3 aromatic carbocycles. The van der Waals surface area contributed by atoms with Crippen LogP contribution >= 0.6 is 22.9 Å². The van der Waals surface area contributed by atoms with Gasteiger partial charge in [-0.1, -0.05) is 80.9 Å². The van der Waals surface area contributed by atoms with Crippen LogP contribution in [0.15, 0.2) is 89.8 Å². The molecule has 1 aliphatic carbocycles. The zero-order valence-corrected chi connectivity index (χ0v) is 34.6. The number of carbonyl (C=O) groups excluding carboxylic acids is 3. The van der Waals surface area contributed by atoms with Crippen molar-refractivity contribution in [1.82, 2.24) is 35.3 Å². The lowest BCUT2D eigenvalue weighted by Crippen LogP contribution is -2.49. The summed E-state index contributed by atoms with van der Waals surface area (Å²) in [7, 11) is 0. The predicted molar refractivity (Wildman–Crippen MR) is 214 cm³/mol. The van der Waals surface area contributed by atoms with Gasteiger partial charge in [0.25, 0.3) is 12.3 Å². The highest BCUT2D eigenvalue weighted by Crippen LogP contribution is 2.49. The molecule has 21 heteroatoms. The number of rotatable bonds is 12. The third-order valence-corrected chi connectivity index (χ3v) is 11.3. The first-order valence-corrected chi connectivity index (χ1v) is 20.2. The Morgan fingerprint density at radius 1 is 1.05 bits per heavy atom. The molecule has 3 amide bonds. The van der Waals surface area contributed by atoms with Crippen molar-refractivity contribution in [3.63, 3.8) is 0 Å². The van der Waals surface area contributed by atoms with Crippen molar-refractivity contribution in [1.29, 1.82) is 0 Å². The molecule has 2 N–H and O–H groups in total. The number of benzene rings is 3. The molecule has 2 fully saturated rings. The van der Waals surface area contributed by atoms with E-state index in [1.54, 1.807) is 68.9 Å². The predicted octanol–water partition coefficient (Wildman–Crippen LogP) is 9.44. The summed E-state index contributed by atoms with van der Waals surface area (Å²) in [5.41, 5.74) is -3.10. The van der Waals surface area contributed by atoms with E-state index in [-0.39, 0.29) is 34.9 Å². The molecule has 1 saturated carbocycles. The molecule has 1 aliphatic heterocycles. The Bertz CT molecular complexity index is 2490. The second-order valence-electron chi connectivity index (χ2n) is 15.8. The fourth-order valence-electron chi connectivity index (χ4n) is 7.18. The Morgan fingerprint density at radius 3 is 2.42 bits per heavy atom. The summed E-state index contributed by atoms with van der Waals surface area (Å²) in [6, 6.07) is 15.0. The highest BCUT2D eigenvalue weighted by atomic mass is 35.5. The van der Waals surface area contributed by atoms with Crippen LogP contribution in [-0.2, 0) is 26.4 Å². The molecule has 5 aromatic rings. The van der Waals surface area contributed by atoms with Crippen LogP contribution in [0.1, 0.15) is 75.0 Å². The topological polar surface area (TPSA) is 153 Å². The van der Waals surface area contributed by atoms with Gasteiger partial charge in [0.15, 0.2) is 5.82 Å². The number of aliphatic imine (C=N–C) groups is 1.